The monoisotopic (exact) mass is 397 g/mol. The summed E-state index contributed by atoms with van der Waals surface area (Å²) in [5, 5.41) is 0. The van der Waals surface area contributed by atoms with Crippen molar-refractivity contribution in [1.82, 2.24) is 4.90 Å². The van der Waals surface area contributed by atoms with Gasteiger partial charge in [-0.2, -0.15) is 0 Å². The average Bonchev–Trinajstić information content (AvgIpc) is 3.30. The van der Waals surface area contributed by atoms with Crippen molar-refractivity contribution in [3.05, 3.63) is 59.2 Å². The number of carbonyl (C=O) groups is 2. The normalized spacial score (nSPS) is 13.2. The van der Waals surface area contributed by atoms with Crippen molar-refractivity contribution in [1.29, 1.82) is 0 Å². The highest BCUT2D eigenvalue weighted by Crippen LogP contribution is 2.23. The topological polar surface area (TPSA) is 65.1 Å². The molecule has 1 fully saturated rings. The summed E-state index contributed by atoms with van der Waals surface area (Å²) in [7, 11) is 3.19. The van der Waals surface area contributed by atoms with Crippen LogP contribution in [-0.4, -0.2) is 44.1 Å². The van der Waals surface area contributed by atoms with E-state index >= 15 is 0 Å². The summed E-state index contributed by atoms with van der Waals surface area (Å²) in [5.41, 5.74) is 2.48. The second kappa shape index (κ2) is 9.96. The van der Waals surface area contributed by atoms with Gasteiger partial charge in [0.15, 0.2) is 0 Å². The van der Waals surface area contributed by atoms with Gasteiger partial charge in [0, 0.05) is 31.1 Å². The summed E-state index contributed by atoms with van der Waals surface area (Å²) < 4.78 is 15.9. The Balaban J connectivity index is 1.47. The van der Waals surface area contributed by atoms with Crippen molar-refractivity contribution >= 4 is 11.9 Å². The number of aryl methyl sites for hydroxylation is 1. The molecule has 1 amide bonds. The fraction of sp³-hybridized carbons (Fsp3) is 0.391. The van der Waals surface area contributed by atoms with Crippen molar-refractivity contribution < 1.29 is 23.8 Å². The predicted octanol–water partition coefficient (Wildman–Crippen LogP) is 3.62. The molecule has 154 valence electrons. The molecule has 0 N–H and O–H groups in total. The second-order valence-corrected chi connectivity index (χ2v) is 7.08. The minimum Gasteiger partial charge on any atom is -0.497 e. The van der Waals surface area contributed by atoms with E-state index in [1.807, 2.05) is 29.2 Å². The molecule has 1 heterocycles. The number of carbonyl (C=O) groups excluding carboxylic acids is 2. The molecule has 0 saturated carbocycles. The lowest BCUT2D eigenvalue weighted by Gasteiger charge is -2.15. The number of amides is 1. The Morgan fingerprint density at radius 1 is 0.897 bits per heavy atom. The van der Waals surface area contributed by atoms with Crippen LogP contribution in [0.5, 0.6) is 11.5 Å². The number of esters is 1. The van der Waals surface area contributed by atoms with Gasteiger partial charge in [-0.05, 0) is 54.7 Å². The van der Waals surface area contributed by atoms with Gasteiger partial charge in [0.2, 0.25) is 0 Å². The number of hydrogen-bond donors (Lipinski definition) is 0. The molecule has 6 nitrogen and oxygen atoms in total. The van der Waals surface area contributed by atoms with Crippen molar-refractivity contribution in [3.63, 3.8) is 0 Å². The number of hydrogen-bond acceptors (Lipinski definition) is 5. The molecule has 0 atom stereocenters. The molecule has 0 aliphatic carbocycles. The van der Waals surface area contributed by atoms with E-state index in [2.05, 4.69) is 0 Å². The number of nitrogens with zero attached hydrogens (tertiary/aromatic N) is 1. The fourth-order valence-corrected chi connectivity index (χ4v) is 3.34. The van der Waals surface area contributed by atoms with Gasteiger partial charge >= 0.3 is 5.97 Å². The van der Waals surface area contributed by atoms with Crippen LogP contribution in [0.2, 0.25) is 0 Å². The summed E-state index contributed by atoms with van der Waals surface area (Å²) in [6.45, 7) is 1.85. The first kappa shape index (κ1) is 20.7. The third kappa shape index (κ3) is 5.73. The number of benzene rings is 2. The molecular weight excluding hydrogens is 370 g/mol. The molecule has 3 rings (SSSR count). The SMILES string of the molecule is COc1cc(CCC(=O)OCc2ccc(C(=O)N3CCCC3)cc2)cc(OC)c1. The standard InChI is InChI=1S/C23H27NO5/c1-27-20-13-18(14-21(15-20)28-2)7-10-22(25)29-16-17-5-8-19(9-6-17)23(26)24-11-3-4-12-24/h5-6,8-9,13-15H,3-4,7,10-12,16H2,1-2H3. The molecular formula is C23H27NO5. The van der Waals surface area contributed by atoms with Gasteiger partial charge in [-0.1, -0.05) is 12.1 Å². The number of methoxy groups -OCH3 is 2. The summed E-state index contributed by atoms with van der Waals surface area (Å²) in [6.07, 6.45) is 2.95. The van der Waals surface area contributed by atoms with E-state index in [0.29, 0.717) is 23.5 Å². The first-order valence-corrected chi connectivity index (χ1v) is 9.85. The van der Waals surface area contributed by atoms with E-state index in [1.165, 1.54) is 0 Å². The minimum absolute atomic E-state index is 0.0692. The Hall–Kier alpha value is -3.02. The van der Waals surface area contributed by atoms with Crippen molar-refractivity contribution in [2.75, 3.05) is 27.3 Å². The summed E-state index contributed by atoms with van der Waals surface area (Å²) >= 11 is 0. The van der Waals surface area contributed by atoms with E-state index < -0.39 is 0 Å². The van der Waals surface area contributed by atoms with Gasteiger partial charge in [-0.25, -0.2) is 0 Å². The van der Waals surface area contributed by atoms with E-state index in [4.69, 9.17) is 14.2 Å². The maximum Gasteiger partial charge on any atom is 0.306 e. The molecule has 1 aliphatic heterocycles. The molecule has 0 aromatic heterocycles. The summed E-state index contributed by atoms with van der Waals surface area (Å²) in [6, 6.07) is 12.8. The van der Waals surface area contributed by atoms with Gasteiger partial charge in [-0.3, -0.25) is 9.59 Å². The molecule has 29 heavy (non-hydrogen) atoms. The average molecular weight is 397 g/mol. The van der Waals surface area contributed by atoms with E-state index in [0.717, 1.165) is 37.1 Å². The van der Waals surface area contributed by atoms with Crippen LogP contribution in [0.1, 0.15) is 40.7 Å². The van der Waals surface area contributed by atoms with E-state index in [9.17, 15) is 9.59 Å². The number of likely N-dealkylation sites (tertiary alicyclic amines) is 1. The van der Waals surface area contributed by atoms with Crippen molar-refractivity contribution in [2.45, 2.75) is 32.3 Å². The minimum atomic E-state index is -0.274. The molecule has 0 bridgehead atoms. The molecule has 0 spiro atoms. The molecule has 0 radical (unpaired) electrons. The maximum absolute atomic E-state index is 12.4. The number of rotatable bonds is 8. The molecule has 1 saturated heterocycles. The van der Waals surface area contributed by atoms with Crippen molar-refractivity contribution in [3.8, 4) is 11.5 Å². The van der Waals surface area contributed by atoms with Gasteiger partial charge in [0.05, 0.1) is 14.2 Å². The van der Waals surface area contributed by atoms with Gasteiger partial charge in [0.25, 0.3) is 5.91 Å². The molecule has 6 heteroatoms. The van der Waals surface area contributed by atoms with Gasteiger partial charge in [0.1, 0.15) is 18.1 Å². The van der Waals surface area contributed by atoms with Crippen molar-refractivity contribution in [2.24, 2.45) is 0 Å². The summed E-state index contributed by atoms with van der Waals surface area (Å²) in [5.74, 6) is 1.18. The molecule has 0 unspecified atom stereocenters. The third-order valence-electron chi connectivity index (χ3n) is 5.02. The Morgan fingerprint density at radius 3 is 2.10 bits per heavy atom. The lowest BCUT2D eigenvalue weighted by Crippen LogP contribution is -2.27. The Kier molecular flexibility index (Phi) is 7.11. The zero-order chi connectivity index (χ0) is 20.6. The quantitative estimate of drug-likeness (QED) is 0.637. The lowest BCUT2D eigenvalue weighted by molar-refractivity contribution is -0.144. The lowest BCUT2D eigenvalue weighted by atomic mass is 10.1. The second-order valence-electron chi connectivity index (χ2n) is 7.08. The van der Waals surface area contributed by atoms with Crippen LogP contribution in [0.3, 0.4) is 0 Å². The molecule has 1 aliphatic rings. The Morgan fingerprint density at radius 2 is 1.52 bits per heavy atom. The van der Waals surface area contributed by atoms with Crippen LogP contribution in [0.25, 0.3) is 0 Å². The highest BCUT2D eigenvalue weighted by Gasteiger charge is 2.19. The highest BCUT2D eigenvalue weighted by atomic mass is 16.5. The van der Waals surface area contributed by atoms with Crippen LogP contribution >= 0.6 is 0 Å². The van der Waals surface area contributed by atoms with E-state index in [1.54, 1.807) is 32.4 Å². The highest BCUT2D eigenvalue weighted by molar-refractivity contribution is 5.94. The van der Waals surface area contributed by atoms with Crippen LogP contribution < -0.4 is 9.47 Å². The van der Waals surface area contributed by atoms with Crippen LogP contribution in [-0.2, 0) is 22.6 Å². The molecule has 2 aromatic carbocycles. The Labute approximate surface area is 171 Å². The smallest absolute Gasteiger partial charge is 0.306 e. The van der Waals surface area contributed by atoms with E-state index in [-0.39, 0.29) is 24.9 Å². The largest absolute Gasteiger partial charge is 0.497 e. The maximum atomic E-state index is 12.4. The molecule has 2 aromatic rings. The van der Waals surface area contributed by atoms with Crippen LogP contribution in [0.4, 0.5) is 0 Å². The predicted molar refractivity (Wildman–Crippen MR) is 109 cm³/mol. The zero-order valence-corrected chi connectivity index (χ0v) is 17.0. The van der Waals surface area contributed by atoms with Crippen LogP contribution in [0, 0.1) is 0 Å². The zero-order valence-electron chi connectivity index (χ0n) is 17.0. The van der Waals surface area contributed by atoms with Gasteiger partial charge in [-0.15, -0.1) is 0 Å². The fourth-order valence-electron chi connectivity index (χ4n) is 3.34. The summed E-state index contributed by atoms with van der Waals surface area (Å²) in [4.78, 5) is 26.3. The first-order valence-electron chi connectivity index (χ1n) is 9.85. The third-order valence-corrected chi connectivity index (χ3v) is 5.02. The number of ether oxygens (including phenoxy) is 3. The van der Waals surface area contributed by atoms with Gasteiger partial charge < -0.3 is 19.1 Å². The Bertz CT molecular complexity index is 819. The van der Waals surface area contributed by atoms with Crippen LogP contribution in [0.15, 0.2) is 42.5 Å². The first-order chi connectivity index (χ1) is 14.1.